The molecule has 0 aliphatic carbocycles. The second-order valence-electron chi connectivity index (χ2n) is 5.75. The van der Waals surface area contributed by atoms with Gasteiger partial charge < -0.3 is 4.90 Å². The van der Waals surface area contributed by atoms with Crippen LogP contribution in [0.15, 0.2) is 30.3 Å². The third-order valence-corrected chi connectivity index (χ3v) is 4.88. The maximum absolute atomic E-state index is 12.5. The Bertz CT molecular complexity index is 506. The summed E-state index contributed by atoms with van der Waals surface area (Å²) in [5.74, 6) is 0.666. The number of aryl methyl sites for hydroxylation is 1. The van der Waals surface area contributed by atoms with Gasteiger partial charge in [-0.15, -0.1) is 0 Å². The van der Waals surface area contributed by atoms with Crippen molar-refractivity contribution in [3.8, 4) is 0 Å². The molecule has 1 aliphatic rings. The van der Waals surface area contributed by atoms with Gasteiger partial charge in [0, 0.05) is 28.9 Å². The van der Waals surface area contributed by atoms with Crippen molar-refractivity contribution >= 4 is 16.7 Å². The molecule has 0 spiro atoms. The minimum atomic E-state index is -0.888. The Morgan fingerprint density at radius 2 is 2.00 bits per heavy atom. The van der Waals surface area contributed by atoms with Crippen molar-refractivity contribution in [1.82, 2.24) is 10.2 Å². The number of rotatable bonds is 6. The van der Waals surface area contributed by atoms with Gasteiger partial charge in [-0.05, 0) is 32.3 Å². The Labute approximate surface area is 129 Å². The third-order valence-electron chi connectivity index (χ3n) is 3.93. The van der Waals surface area contributed by atoms with Crippen LogP contribution in [0.3, 0.4) is 0 Å². The first-order chi connectivity index (χ1) is 9.99. The van der Waals surface area contributed by atoms with Crippen LogP contribution in [0.2, 0.25) is 0 Å². The largest absolute Gasteiger partial charge is 0.322 e. The first-order valence-corrected chi connectivity index (χ1v) is 9.14. The van der Waals surface area contributed by atoms with Crippen molar-refractivity contribution in [2.75, 3.05) is 12.0 Å². The quantitative estimate of drug-likeness (QED) is 0.867. The lowest BCUT2D eigenvalue weighted by molar-refractivity contribution is -0.131. The molecule has 4 nitrogen and oxygen atoms in total. The molecule has 4 unspecified atom stereocenters. The molecule has 1 aromatic carbocycles. The molecule has 4 atom stereocenters. The van der Waals surface area contributed by atoms with Gasteiger partial charge in [0.15, 0.2) is 0 Å². The lowest BCUT2D eigenvalue weighted by atomic mass is 10.1. The highest BCUT2D eigenvalue weighted by molar-refractivity contribution is 7.84. The number of carbonyl (C=O) groups excluding carboxylic acids is 1. The van der Waals surface area contributed by atoms with Crippen molar-refractivity contribution in [1.29, 1.82) is 0 Å². The fourth-order valence-corrected chi connectivity index (χ4v) is 3.83. The molecule has 2 rings (SSSR count). The van der Waals surface area contributed by atoms with E-state index in [1.165, 1.54) is 5.56 Å². The van der Waals surface area contributed by atoms with Gasteiger partial charge >= 0.3 is 0 Å². The summed E-state index contributed by atoms with van der Waals surface area (Å²) in [6.45, 7) is 3.96. The van der Waals surface area contributed by atoms with Crippen LogP contribution < -0.4 is 5.32 Å². The maximum Gasteiger partial charge on any atom is 0.241 e. The van der Waals surface area contributed by atoms with Crippen LogP contribution in [0.5, 0.6) is 0 Å². The van der Waals surface area contributed by atoms with Gasteiger partial charge in [-0.25, -0.2) is 0 Å². The first-order valence-electron chi connectivity index (χ1n) is 7.41. The molecular formula is C16H24N2O2S. The first kappa shape index (κ1) is 16.2. The van der Waals surface area contributed by atoms with Crippen LogP contribution in [-0.2, 0) is 22.0 Å². The molecule has 1 aliphatic heterocycles. The molecular weight excluding hydrogens is 284 g/mol. The van der Waals surface area contributed by atoms with Gasteiger partial charge in [-0.3, -0.25) is 14.3 Å². The molecule has 1 fully saturated rings. The van der Waals surface area contributed by atoms with Crippen molar-refractivity contribution in [2.45, 2.75) is 44.9 Å². The summed E-state index contributed by atoms with van der Waals surface area (Å²) in [6.07, 6.45) is 3.38. The van der Waals surface area contributed by atoms with Crippen molar-refractivity contribution in [3.05, 3.63) is 35.9 Å². The molecule has 1 heterocycles. The molecule has 0 aromatic heterocycles. The van der Waals surface area contributed by atoms with E-state index >= 15 is 0 Å². The zero-order valence-corrected chi connectivity index (χ0v) is 13.7. The predicted molar refractivity (Wildman–Crippen MR) is 86.4 cm³/mol. The molecule has 0 bridgehead atoms. The fraction of sp³-hybridized carbons (Fsp3) is 0.562. The highest BCUT2D eigenvalue weighted by atomic mass is 32.2. The number of carbonyl (C=O) groups is 1. The van der Waals surface area contributed by atoms with E-state index in [4.69, 9.17) is 0 Å². The SMILES string of the molecule is CC(CS(C)=O)N1C(=O)C(CCc2ccccc2)NC1C. The van der Waals surface area contributed by atoms with Gasteiger partial charge in [0.1, 0.15) is 0 Å². The van der Waals surface area contributed by atoms with E-state index in [1.54, 1.807) is 6.26 Å². The van der Waals surface area contributed by atoms with Gasteiger partial charge in [0.25, 0.3) is 0 Å². The summed E-state index contributed by atoms with van der Waals surface area (Å²) < 4.78 is 11.4. The Balaban J connectivity index is 1.94. The summed E-state index contributed by atoms with van der Waals surface area (Å²) in [7, 11) is -0.888. The predicted octanol–water partition coefficient (Wildman–Crippen LogP) is 1.53. The molecule has 21 heavy (non-hydrogen) atoms. The molecule has 0 saturated carbocycles. The smallest absolute Gasteiger partial charge is 0.241 e. The number of hydrogen-bond donors (Lipinski definition) is 1. The number of hydrogen-bond acceptors (Lipinski definition) is 3. The Morgan fingerprint density at radius 3 is 2.62 bits per heavy atom. The van der Waals surface area contributed by atoms with Gasteiger partial charge in [0.2, 0.25) is 5.91 Å². The van der Waals surface area contributed by atoms with Crippen LogP contribution in [0.4, 0.5) is 0 Å². The second kappa shape index (κ2) is 7.18. The zero-order chi connectivity index (χ0) is 15.4. The molecule has 5 heteroatoms. The monoisotopic (exact) mass is 308 g/mol. The lowest BCUT2D eigenvalue weighted by Gasteiger charge is -2.27. The average molecular weight is 308 g/mol. The number of nitrogens with one attached hydrogen (secondary N) is 1. The minimum absolute atomic E-state index is 0.00700. The molecule has 116 valence electrons. The van der Waals surface area contributed by atoms with Crippen LogP contribution >= 0.6 is 0 Å². The normalized spacial score (nSPS) is 25.1. The van der Waals surface area contributed by atoms with Crippen molar-refractivity contribution in [3.63, 3.8) is 0 Å². The zero-order valence-electron chi connectivity index (χ0n) is 12.9. The molecule has 1 aromatic rings. The fourth-order valence-electron chi connectivity index (χ4n) is 2.99. The van der Waals surface area contributed by atoms with E-state index in [9.17, 15) is 9.00 Å². The average Bonchev–Trinajstić information content (AvgIpc) is 2.71. The Morgan fingerprint density at radius 1 is 1.33 bits per heavy atom. The van der Waals surface area contributed by atoms with Crippen LogP contribution in [0, 0.1) is 0 Å². The Hall–Kier alpha value is -1.20. The van der Waals surface area contributed by atoms with Crippen LogP contribution in [0.25, 0.3) is 0 Å². The summed E-state index contributed by atoms with van der Waals surface area (Å²) in [5, 5.41) is 3.36. The van der Waals surface area contributed by atoms with Crippen LogP contribution in [0.1, 0.15) is 25.8 Å². The summed E-state index contributed by atoms with van der Waals surface area (Å²) >= 11 is 0. The van der Waals surface area contributed by atoms with Crippen LogP contribution in [-0.4, -0.2) is 45.3 Å². The lowest BCUT2D eigenvalue weighted by Crippen LogP contribution is -2.44. The number of nitrogens with zero attached hydrogens (tertiary/aromatic N) is 1. The third kappa shape index (κ3) is 4.14. The van der Waals surface area contributed by atoms with Gasteiger partial charge in [-0.2, -0.15) is 0 Å². The van der Waals surface area contributed by atoms with Gasteiger partial charge in [0.05, 0.1) is 12.2 Å². The summed E-state index contributed by atoms with van der Waals surface area (Å²) in [6, 6.07) is 10.1. The van der Waals surface area contributed by atoms with E-state index in [1.807, 2.05) is 36.9 Å². The molecule has 1 amide bonds. The van der Waals surface area contributed by atoms with E-state index in [-0.39, 0.29) is 24.2 Å². The number of benzene rings is 1. The van der Waals surface area contributed by atoms with E-state index in [0.29, 0.717) is 5.75 Å². The highest BCUT2D eigenvalue weighted by Gasteiger charge is 2.38. The summed E-state index contributed by atoms with van der Waals surface area (Å²) in [4.78, 5) is 14.4. The second-order valence-corrected chi connectivity index (χ2v) is 7.23. The summed E-state index contributed by atoms with van der Waals surface area (Å²) in [5.41, 5.74) is 1.25. The van der Waals surface area contributed by atoms with Crippen molar-refractivity contribution in [2.24, 2.45) is 0 Å². The van der Waals surface area contributed by atoms with Gasteiger partial charge in [-0.1, -0.05) is 30.3 Å². The Kier molecular flexibility index (Phi) is 5.53. The van der Waals surface area contributed by atoms with Crippen molar-refractivity contribution < 1.29 is 9.00 Å². The maximum atomic E-state index is 12.5. The van der Waals surface area contributed by atoms with E-state index < -0.39 is 10.8 Å². The number of amides is 1. The molecule has 1 N–H and O–H groups in total. The minimum Gasteiger partial charge on any atom is -0.322 e. The topological polar surface area (TPSA) is 49.4 Å². The molecule has 1 saturated heterocycles. The standard InChI is InChI=1S/C16H24N2O2S/c1-12(11-21(3)20)18-13(2)17-15(16(18)19)10-9-14-7-5-4-6-8-14/h4-8,12-13,15,17H,9-11H2,1-3H3. The van der Waals surface area contributed by atoms with E-state index in [2.05, 4.69) is 17.4 Å². The van der Waals surface area contributed by atoms with E-state index in [0.717, 1.165) is 12.8 Å². The molecule has 0 radical (unpaired) electrons. The highest BCUT2D eigenvalue weighted by Crippen LogP contribution is 2.18.